The summed E-state index contributed by atoms with van der Waals surface area (Å²) in [7, 11) is 0. The van der Waals surface area contributed by atoms with Crippen LogP contribution in [0.4, 0.5) is 6.01 Å². The fourth-order valence-electron chi connectivity index (χ4n) is 2.12. The SMILES string of the molecule is CCC(C)N1CCN(c2nc(C(=O)O)co2)CC1. The summed E-state index contributed by atoms with van der Waals surface area (Å²) in [6.45, 7) is 7.97. The molecule has 1 saturated heterocycles. The molecule has 1 aromatic rings. The minimum atomic E-state index is -1.05. The van der Waals surface area contributed by atoms with Crippen molar-refractivity contribution in [2.24, 2.45) is 0 Å². The Kier molecular flexibility index (Phi) is 3.86. The normalized spacial score (nSPS) is 18.9. The molecule has 1 atom stereocenters. The van der Waals surface area contributed by atoms with E-state index in [9.17, 15) is 4.79 Å². The van der Waals surface area contributed by atoms with Crippen molar-refractivity contribution in [1.82, 2.24) is 9.88 Å². The molecule has 100 valence electrons. The van der Waals surface area contributed by atoms with Gasteiger partial charge in [0, 0.05) is 32.2 Å². The maximum absolute atomic E-state index is 10.7. The number of nitrogens with zero attached hydrogens (tertiary/aromatic N) is 3. The number of aromatic nitrogens is 1. The van der Waals surface area contributed by atoms with Gasteiger partial charge < -0.3 is 14.4 Å². The molecular weight excluding hydrogens is 234 g/mol. The van der Waals surface area contributed by atoms with Gasteiger partial charge in [0.25, 0.3) is 6.01 Å². The second-order valence-corrected chi connectivity index (χ2v) is 4.60. The summed E-state index contributed by atoms with van der Waals surface area (Å²) in [5, 5.41) is 8.79. The minimum Gasteiger partial charge on any atom is -0.476 e. The molecule has 1 unspecified atom stereocenters. The average molecular weight is 253 g/mol. The highest BCUT2D eigenvalue weighted by atomic mass is 16.4. The van der Waals surface area contributed by atoms with E-state index in [4.69, 9.17) is 9.52 Å². The van der Waals surface area contributed by atoms with E-state index < -0.39 is 5.97 Å². The molecule has 2 heterocycles. The van der Waals surface area contributed by atoms with Gasteiger partial charge >= 0.3 is 5.97 Å². The van der Waals surface area contributed by atoms with Crippen LogP contribution < -0.4 is 4.90 Å². The van der Waals surface area contributed by atoms with Crippen LogP contribution in [0.2, 0.25) is 0 Å². The van der Waals surface area contributed by atoms with Crippen molar-refractivity contribution in [3.63, 3.8) is 0 Å². The zero-order valence-corrected chi connectivity index (χ0v) is 10.8. The number of carbonyl (C=O) groups is 1. The quantitative estimate of drug-likeness (QED) is 0.872. The van der Waals surface area contributed by atoms with Crippen LogP contribution in [0.5, 0.6) is 0 Å². The van der Waals surface area contributed by atoms with Crippen molar-refractivity contribution in [3.05, 3.63) is 12.0 Å². The van der Waals surface area contributed by atoms with E-state index in [-0.39, 0.29) is 5.69 Å². The smallest absolute Gasteiger partial charge is 0.357 e. The second kappa shape index (κ2) is 5.39. The number of rotatable bonds is 4. The van der Waals surface area contributed by atoms with E-state index in [2.05, 4.69) is 23.7 Å². The molecule has 1 fully saturated rings. The van der Waals surface area contributed by atoms with Crippen LogP contribution in [0.3, 0.4) is 0 Å². The first kappa shape index (κ1) is 12.9. The van der Waals surface area contributed by atoms with E-state index >= 15 is 0 Å². The van der Waals surface area contributed by atoms with Gasteiger partial charge in [-0.2, -0.15) is 4.98 Å². The Balaban J connectivity index is 1.94. The highest BCUT2D eigenvalue weighted by molar-refractivity contribution is 5.85. The molecule has 2 rings (SSSR count). The summed E-state index contributed by atoms with van der Waals surface area (Å²) >= 11 is 0. The number of anilines is 1. The largest absolute Gasteiger partial charge is 0.476 e. The van der Waals surface area contributed by atoms with Gasteiger partial charge in [-0.25, -0.2) is 4.79 Å². The van der Waals surface area contributed by atoms with Crippen LogP contribution in [-0.4, -0.2) is 53.2 Å². The van der Waals surface area contributed by atoms with Gasteiger partial charge in [0.1, 0.15) is 6.26 Å². The van der Waals surface area contributed by atoms with Crippen molar-refractivity contribution < 1.29 is 14.3 Å². The third-order valence-corrected chi connectivity index (χ3v) is 3.51. The molecule has 0 aliphatic carbocycles. The summed E-state index contributed by atoms with van der Waals surface area (Å²) < 4.78 is 5.20. The maximum atomic E-state index is 10.7. The van der Waals surface area contributed by atoms with Crippen molar-refractivity contribution in [1.29, 1.82) is 0 Å². The molecular formula is C12H19N3O3. The standard InChI is InChI=1S/C12H19N3O3/c1-3-9(2)14-4-6-15(7-5-14)12-13-10(8-18-12)11(16)17/h8-9H,3-7H2,1-2H3,(H,16,17). The average Bonchev–Trinajstić information content (AvgIpc) is 2.88. The summed E-state index contributed by atoms with van der Waals surface area (Å²) in [5.41, 5.74) is -0.0330. The van der Waals surface area contributed by atoms with Gasteiger partial charge in [0.15, 0.2) is 5.69 Å². The number of piperazine rings is 1. The molecule has 18 heavy (non-hydrogen) atoms. The van der Waals surface area contributed by atoms with Crippen LogP contribution in [-0.2, 0) is 0 Å². The predicted molar refractivity (Wildman–Crippen MR) is 67.0 cm³/mol. The van der Waals surface area contributed by atoms with Gasteiger partial charge in [-0.15, -0.1) is 0 Å². The zero-order chi connectivity index (χ0) is 13.1. The molecule has 6 heteroatoms. The molecule has 1 N–H and O–H groups in total. The first-order valence-corrected chi connectivity index (χ1v) is 6.29. The third-order valence-electron chi connectivity index (χ3n) is 3.51. The van der Waals surface area contributed by atoms with Crippen LogP contribution in [0.15, 0.2) is 10.7 Å². The monoisotopic (exact) mass is 253 g/mol. The number of hydrogen-bond acceptors (Lipinski definition) is 5. The van der Waals surface area contributed by atoms with E-state index in [0.717, 1.165) is 32.6 Å². The lowest BCUT2D eigenvalue weighted by atomic mass is 10.2. The predicted octanol–water partition coefficient (Wildman–Crippen LogP) is 1.29. The third kappa shape index (κ3) is 2.64. The van der Waals surface area contributed by atoms with Crippen molar-refractivity contribution in [2.75, 3.05) is 31.1 Å². The Labute approximate surface area is 106 Å². The molecule has 6 nitrogen and oxygen atoms in total. The summed E-state index contributed by atoms with van der Waals surface area (Å²) in [6.07, 6.45) is 2.33. The van der Waals surface area contributed by atoms with Gasteiger partial charge in [-0.05, 0) is 13.3 Å². The fourth-order valence-corrected chi connectivity index (χ4v) is 2.12. The highest BCUT2D eigenvalue weighted by Crippen LogP contribution is 2.17. The van der Waals surface area contributed by atoms with Crippen molar-refractivity contribution in [2.45, 2.75) is 26.3 Å². The Hall–Kier alpha value is -1.56. The molecule has 1 aromatic heterocycles. The maximum Gasteiger partial charge on any atom is 0.357 e. The van der Waals surface area contributed by atoms with E-state index in [1.54, 1.807) is 0 Å². The number of hydrogen-bond donors (Lipinski definition) is 1. The van der Waals surface area contributed by atoms with Gasteiger partial charge in [-0.1, -0.05) is 6.92 Å². The molecule has 1 aliphatic heterocycles. The van der Waals surface area contributed by atoms with E-state index in [1.807, 2.05) is 4.90 Å². The van der Waals surface area contributed by atoms with Crippen LogP contribution in [0.25, 0.3) is 0 Å². The van der Waals surface area contributed by atoms with Gasteiger partial charge in [0.2, 0.25) is 0 Å². The van der Waals surface area contributed by atoms with Gasteiger partial charge in [-0.3, -0.25) is 4.90 Å². The lowest BCUT2D eigenvalue weighted by Gasteiger charge is -2.37. The Morgan fingerprint density at radius 3 is 2.67 bits per heavy atom. The first-order chi connectivity index (χ1) is 8.61. The highest BCUT2D eigenvalue weighted by Gasteiger charge is 2.23. The van der Waals surface area contributed by atoms with Crippen molar-refractivity contribution >= 4 is 12.0 Å². The number of aromatic carboxylic acids is 1. The van der Waals surface area contributed by atoms with Crippen LogP contribution >= 0.6 is 0 Å². The molecule has 0 saturated carbocycles. The van der Waals surface area contributed by atoms with E-state index in [0.29, 0.717) is 12.1 Å². The zero-order valence-electron chi connectivity index (χ0n) is 10.8. The van der Waals surface area contributed by atoms with E-state index in [1.165, 1.54) is 6.26 Å². The Bertz CT molecular complexity index is 410. The summed E-state index contributed by atoms with van der Waals surface area (Å²) in [6, 6.07) is 1.00. The molecule has 0 bridgehead atoms. The summed E-state index contributed by atoms with van der Waals surface area (Å²) in [5.74, 6) is -1.05. The molecule has 0 spiro atoms. The second-order valence-electron chi connectivity index (χ2n) is 4.60. The lowest BCUT2D eigenvalue weighted by molar-refractivity contribution is 0.0690. The van der Waals surface area contributed by atoms with Crippen LogP contribution in [0, 0.1) is 0 Å². The number of carboxylic acid groups (broad SMARTS) is 1. The lowest BCUT2D eigenvalue weighted by Crippen LogP contribution is -2.49. The van der Waals surface area contributed by atoms with Gasteiger partial charge in [0.05, 0.1) is 0 Å². The number of oxazole rings is 1. The minimum absolute atomic E-state index is 0.0330. The number of carboxylic acids is 1. The Morgan fingerprint density at radius 2 is 2.17 bits per heavy atom. The first-order valence-electron chi connectivity index (χ1n) is 6.29. The summed E-state index contributed by atoms with van der Waals surface area (Å²) in [4.78, 5) is 19.1. The molecule has 0 radical (unpaired) electrons. The molecule has 0 amide bonds. The molecule has 0 aromatic carbocycles. The fraction of sp³-hybridized carbons (Fsp3) is 0.667. The Morgan fingerprint density at radius 1 is 1.50 bits per heavy atom. The van der Waals surface area contributed by atoms with Crippen LogP contribution in [0.1, 0.15) is 30.8 Å². The molecule has 1 aliphatic rings. The van der Waals surface area contributed by atoms with Crippen molar-refractivity contribution in [3.8, 4) is 0 Å². The topological polar surface area (TPSA) is 69.8 Å².